The molecule has 2 atom stereocenters. The molecule has 0 spiro atoms. The van der Waals surface area contributed by atoms with Gasteiger partial charge in [0.2, 0.25) is 5.91 Å². The summed E-state index contributed by atoms with van der Waals surface area (Å²) in [6, 6.07) is 5.53. The number of carbonyl (C=O) groups is 2. The quantitative estimate of drug-likeness (QED) is 0.830. The third kappa shape index (κ3) is 5.30. The molecule has 1 saturated heterocycles. The Morgan fingerprint density at radius 2 is 2.04 bits per heavy atom. The Balaban J connectivity index is 2.08. The lowest BCUT2D eigenvalue weighted by molar-refractivity contribution is -0.116. The van der Waals surface area contributed by atoms with Gasteiger partial charge >= 0.3 is 0 Å². The van der Waals surface area contributed by atoms with Gasteiger partial charge < -0.3 is 15.3 Å². The van der Waals surface area contributed by atoms with Gasteiger partial charge in [-0.05, 0) is 62.8 Å². The van der Waals surface area contributed by atoms with E-state index < -0.39 is 6.10 Å². The summed E-state index contributed by atoms with van der Waals surface area (Å²) in [5, 5.41) is 12.5. The first-order chi connectivity index (χ1) is 11.8. The van der Waals surface area contributed by atoms with Gasteiger partial charge in [-0.15, -0.1) is 0 Å². The molecule has 0 radical (unpaired) electrons. The molecule has 2 rings (SSSR count). The summed E-state index contributed by atoms with van der Waals surface area (Å²) < 4.78 is 0. The topological polar surface area (TPSA) is 69.6 Å². The average Bonchev–Trinajstić information content (AvgIpc) is 2.95. The second kappa shape index (κ2) is 8.48. The highest BCUT2D eigenvalue weighted by Crippen LogP contribution is 2.25. The number of aliphatic hydroxyl groups excluding tert-OH is 1. The van der Waals surface area contributed by atoms with Crippen LogP contribution in [0.15, 0.2) is 18.2 Å². The Bertz CT molecular complexity index is 625. The second-order valence-corrected chi connectivity index (χ2v) is 7.56. The minimum atomic E-state index is -0.404. The Morgan fingerprint density at radius 1 is 1.32 bits per heavy atom. The molecule has 1 fully saturated rings. The molecule has 5 heteroatoms. The Hall–Kier alpha value is -1.88. The van der Waals surface area contributed by atoms with E-state index >= 15 is 0 Å². The zero-order chi connectivity index (χ0) is 18.6. The van der Waals surface area contributed by atoms with E-state index in [2.05, 4.69) is 5.32 Å². The minimum absolute atomic E-state index is 0.00582. The van der Waals surface area contributed by atoms with E-state index in [9.17, 15) is 14.7 Å². The minimum Gasteiger partial charge on any atom is -0.393 e. The van der Waals surface area contributed by atoms with Gasteiger partial charge in [0.25, 0.3) is 5.91 Å². The molecular weight excluding hydrogens is 316 g/mol. The highest BCUT2D eigenvalue weighted by atomic mass is 16.3. The highest BCUT2D eigenvalue weighted by molar-refractivity contribution is 5.97. The lowest BCUT2D eigenvalue weighted by Crippen LogP contribution is -2.37. The fourth-order valence-electron chi connectivity index (χ4n) is 3.42. The van der Waals surface area contributed by atoms with Crippen LogP contribution in [0.4, 0.5) is 5.69 Å². The van der Waals surface area contributed by atoms with Crippen molar-refractivity contribution in [3.05, 3.63) is 29.3 Å². The summed E-state index contributed by atoms with van der Waals surface area (Å²) in [5.74, 6) is 0.308. The molecule has 1 aliphatic heterocycles. The largest absolute Gasteiger partial charge is 0.393 e. The van der Waals surface area contributed by atoms with Crippen molar-refractivity contribution >= 4 is 17.5 Å². The maximum atomic E-state index is 12.8. The van der Waals surface area contributed by atoms with E-state index in [-0.39, 0.29) is 17.9 Å². The van der Waals surface area contributed by atoms with Crippen LogP contribution in [-0.4, -0.2) is 40.5 Å². The number of rotatable bonds is 6. The fourth-order valence-corrected chi connectivity index (χ4v) is 3.42. The number of likely N-dealkylation sites (tertiary alicyclic amines) is 1. The molecule has 2 N–H and O–H groups in total. The van der Waals surface area contributed by atoms with Gasteiger partial charge in [-0.1, -0.05) is 13.8 Å². The van der Waals surface area contributed by atoms with Crippen molar-refractivity contribution in [2.45, 2.75) is 65.5 Å². The summed E-state index contributed by atoms with van der Waals surface area (Å²) in [6.45, 7) is 8.42. The van der Waals surface area contributed by atoms with Crippen molar-refractivity contribution in [3.8, 4) is 0 Å². The van der Waals surface area contributed by atoms with Crippen molar-refractivity contribution in [3.63, 3.8) is 0 Å². The summed E-state index contributed by atoms with van der Waals surface area (Å²) >= 11 is 0. The first-order valence-corrected chi connectivity index (χ1v) is 9.17. The van der Waals surface area contributed by atoms with Crippen LogP contribution in [0.1, 0.15) is 62.4 Å². The van der Waals surface area contributed by atoms with E-state index in [1.165, 1.54) is 0 Å². The zero-order valence-corrected chi connectivity index (χ0v) is 15.7. The van der Waals surface area contributed by atoms with Crippen LogP contribution in [-0.2, 0) is 4.79 Å². The number of aliphatic hydroxyl groups is 1. The molecular formula is C20H30N2O3. The molecule has 1 aromatic rings. The summed E-state index contributed by atoms with van der Waals surface area (Å²) in [5.41, 5.74) is 2.27. The third-order valence-electron chi connectivity index (χ3n) is 4.59. The van der Waals surface area contributed by atoms with Crippen LogP contribution in [0.2, 0.25) is 0 Å². The number of benzene rings is 1. The normalized spacial score (nSPS) is 18.5. The van der Waals surface area contributed by atoms with E-state index in [0.29, 0.717) is 24.3 Å². The Morgan fingerprint density at radius 3 is 2.64 bits per heavy atom. The number of hydrogen-bond acceptors (Lipinski definition) is 3. The van der Waals surface area contributed by atoms with Crippen LogP contribution in [0, 0.1) is 12.8 Å². The fraction of sp³-hybridized carbons (Fsp3) is 0.600. The van der Waals surface area contributed by atoms with Crippen molar-refractivity contribution in [1.82, 2.24) is 4.90 Å². The maximum Gasteiger partial charge on any atom is 0.254 e. The number of carbonyl (C=O) groups excluding carboxylic acids is 2. The van der Waals surface area contributed by atoms with Gasteiger partial charge in [0.05, 0.1) is 6.10 Å². The molecule has 0 bridgehead atoms. The summed E-state index contributed by atoms with van der Waals surface area (Å²) in [7, 11) is 0. The van der Waals surface area contributed by atoms with Crippen LogP contribution in [0.3, 0.4) is 0 Å². The molecule has 2 unspecified atom stereocenters. The molecule has 0 saturated carbocycles. The lowest BCUT2D eigenvalue weighted by atomic mass is 10.1. The third-order valence-corrected chi connectivity index (χ3v) is 4.59. The van der Waals surface area contributed by atoms with Gasteiger partial charge in [-0.25, -0.2) is 0 Å². The van der Waals surface area contributed by atoms with E-state index in [1.807, 2.05) is 31.7 Å². The number of aryl methyl sites for hydroxylation is 1. The summed E-state index contributed by atoms with van der Waals surface area (Å²) in [4.78, 5) is 26.6. The van der Waals surface area contributed by atoms with E-state index in [4.69, 9.17) is 0 Å². The smallest absolute Gasteiger partial charge is 0.254 e. The number of nitrogens with zero attached hydrogens (tertiary/aromatic N) is 1. The molecule has 1 aliphatic rings. The SMILES string of the molecule is Cc1cc(C(=O)N2CCCC2CC(C)O)ccc1NC(=O)CC(C)C. The zero-order valence-electron chi connectivity index (χ0n) is 15.7. The molecule has 138 valence electrons. The predicted octanol–water partition coefficient (Wildman–Crippen LogP) is 3.36. The van der Waals surface area contributed by atoms with Gasteiger partial charge in [0, 0.05) is 30.3 Å². The maximum absolute atomic E-state index is 12.8. The molecule has 5 nitrogen and oxygen atoms in total. The average molecular weight is 346 g/mol. The highest BCUT2D eigenvalue weighted by Gasteiger charge is 2.30. The van der Waals surface area contributed by atoms with Crippen LogP contribution < -0.4 is 5.32 Å². The molecule has 0 aliphatic carbocycles. The number of amides is 2. The van der Waals surface area contributed by atoms with Gasteiger partial charge in [0.1, 0.15) is 0 Å². The number of nitrogens with one attached hydrogen (secondary N) is 1. The van der Waals surface area contributed by atoms with Gasteiger partial charge in [0.15, 0.2) is 0 Å². The number of hydrogen-bond donors (Lipinski definition) is 2. The van der Waals surface area contributed by atoms with Crippen molar-refractivity contribution in [1.29, 1.82) is 0 Å². The first kappa shape index (κ1) is 19.4. The first-order valence-electron chi connectivity index (χ1n) is 9.17. The van der Waals surface area contributed by atoms with Crippen molar-refractivity contribution in [2.24, 2.45) is 5.92 Å². The van der Waals surface area contributed by atoms with Crippen molar-refractivity contribution in [2.75, 3.05) is 11.9 Å². The Labute approximate surface area is 150 Å². The van der Waals surface area contributed by atoms with Crippen LogP contribution in [0.25, 0.3) is 0 Å². The predicted molar refractivity (Wildman–Crippen MR) is 99.6 cm³/mol. The molecule has 1 aromatic carbocycles. The van der Waals surface area contributed by atoms with Gasteiger partial charge in [-0.2, -0.15) is 0 Å². The second-order valence-electron chi connectivity index (χ2n) is 7.56. The van der Waals surface area contributed by atoms with E-state index in [1.54, 1.807) is 19.1 Å². The molecule has 25 heavy (non-hydrogen) atoms. The van der Waals surface area contributed by atoms with Gasteiger partial charge in [-0.3, -0.25) is 9.59 Å². The molecule has 1 heterocycles. The lowest BCUT2D eigenvalue weighted by Gasteiger charge is -2.26. The van der Waals surface area contributed by atoms with E-state index in [0.717, 1.165) is 30.6 Å². The van der Waals surface area contributed by atoms with Crippen molar-refractivity contribution < 1.29 is 14.7 Å². The number of anilines is 1. The molecule has 2 amide bonds. The summed E-state index contributed by atoms with van der Waals surface area (Å²) in [6.07, 6.45) is 2.62. The van der Waals surface area contributed by atoms with Crippen LogP contribution >= 0.6 is 0 Å². The molecule has 0 aromatic heterocycles. The standard InChI is InChI=1S/C20H30N2O3/c1-13(2)10-19(24)21-18-8-7-16(11-14(18)3)20(25)22-9-5-6-17(22)12-15(4)23/h7-8,11,13,15,17,23H,5-6,9-10,12H2,1-4H3,(H,21,24). The van der Waals surface area contributed by atoms with Crippen LogP contribution in [0.5, 0.6) is 0 Å². The monoisotopic (exact) mass is 346 g/mol. The Kier molecular flexibility index (Phi) is 6.59.